The minimum Gasteiger partial charge on any atom is -0.0654 e. The van der Waals surface area contributed by atoms with E-state index >= 15 is 0 Å². The second kappa shape index (κ2) is 19.8. The molecule has 0 aliphatic rings. The minimum atomic E-state index is 0.461. The van der Waals surface area contributed by atoms with Gasteiger partial charge in [0.05, 0.1) is 0 Å². The van der Waals surface area contributed by atoms with E-state index in [0.29, 0.717) is 5.41 Å². The summed E-state index contributed by atoms with van der Waals surface area (Å²) in [6, 6.07) is 0. The van der Waals surface area contributed by atoms with Gasteiger partial charge in [0, 0.05) is 0 Å². The first-order chi connectivity index (χ1) is 12.6. The molecule has 0 bridgehead atoms. The fourth-order valence-corrected chi connectivity index (χ4v) is 3.94. The van der Waals surface area contributed by atoms with E-state index < -0.39 is 0 Å². The molecule has 26 heavy (non-hydrogen) atoms. The van der Waals surface area contributed by atoms with Crippen LogP contribution in [0.15, 0.2) is 0 Å². The van der Waals surface area contributed by atoms with Gasteiger partial charge in [0.2, 0.25) is 0 Å². The topological polar surface area (TPSA) is 0 Å². The molecule has 0 saturated carbocycles. The van der Waals surface area contributed by atoms with Crippen molar-refractivity contribution in [1.29, 1.82) is 0 Å². The van der Waals surface area contributed by atoms with E-state index in [9.17, 15) is 0 Å². The van der Waals surface area contributed by atoms with Crippen molar-refractivity contribution in [3.63, 3.8) is 0 Å². The number of hydrogen-bond acceptors (Lipinski definition) is 0. The van der Waals surface area contributed by atoms with Crippen molar-refractivity contribution in [2.75, 3.05) is 0 Å². The zero-order chi connectivity index (χ0) is 19.3. The van der Waals surface area contributed by atoms with Crippen LogP contribution in [0.25, 0.3) is 0 Å². The molecule has 0 unspecified atom stereocenters. The van der Waals surface area contributed by atoms with E-state index in [1.807, 2.05) is 0 Å². The lowest BCUT2D eigenvalue weighted by Gasteiger charge is -2.24. The predicted molar refractivity (Wildman–Crippen MR) is 122 cm³/mol. The van der Waals surface area contributed by atoms with Crippen molar-refractivity contribution in [3.05, 3.63) is 6.42 Å². The molecule has 0 amide bonds. The highest BCUT2D eigenvalue weighted by Crippen LogP contribution is 2.29. The normalized spacial score (nSPS) is 12.0. The summed E-state index contributed by atoms with van der Waals surface area (Å²) in [6.07, 6.45) is 31.3. The predicted octanol–water partition coefficient (Wildman–Crippen LogP) is 10.1. The first-order valence-corrected chi connectivity index (χ1v) is 12.5. The molecule has 0 nitrogen and oxygen atoms in total. The molecule has 0 heterocycles. The van der Waals surface area contributed by atoms with Gasteiger partial charge in [-0.2, -0.15) is 0 Å². The Labute approximate surface area is 168 Å². The fourth-order valence-electron chi connectivity index (χ4n) is 3.94. The molecule has 0 aliphatic carbocycles. The summed E-state index contributed by atoms with van der Waals surface area (Å²) in [4.78, 5) is 0. The molecule has 1 radical (unpaired) electrons. The SMILES string of the molecule is CCCCCCCCCCCCCC[CH]C(C)(C)CCCCCCCC. The van der Waals surface area contributed by atoms with Crippen LogP contribution < -0.4 is 0 Å². The monoisotopic (exact) mass is 365 g/mol. The Hall–Kier alpha value is 0. The van der Waals surface area contributed by atoms with Gasteiger partial charge >= 0.3 is 0 Å². The van der Waals surface area contributed by atoms with Crippen molar-refractivity contribution in [2.45, 2.75) is 156 Å². The Balaban J connectivity index is 3.27. The quantitative estimate of drug-likeness (QED) is 0.177. The van der Waals surface area contributed by atoms with Gasteiger partial charge in [0.1, 0.15) is 0 Å². The van der Waals surface area contributed by atoms with Crippen LogP contribution in [0.3, 0.4) is 0 Å². The van der Waals surface area contributed by atoms with Gasteiger partial charge in [-0.15, -0.1) is 0 Å². The Bertz CT molecular complexity index is 253. The average molecular weight is 366 g/mol. The van der Waals surface area contributed by atoms with Crippen molar-refractivity contribution >= 4 is 0 Å². The summed E-state index contributed by atoms with van der Waals surface area (Å²) in [5.74, 6) is 0. The zero-order valence-corrected chi connectivity index (χ0v) is 19.2. The molecule has 0 rings (SSSR count). The highest BCUT2D eigenvalue weighted by atomic mass is 14.2. The van der Waals surface area contributed by atoms with Gasteiger partial charge in [-0.25, -0.2) is 0 Å². The first-order valence-electron chi connectivity index (χ1n) is 12.5. The largest absolute Gasteiger partial charge is 0.0654 e. The third-order valence-electron chi connectivity index (χ3n) is 5.93. The molecule has 0 atom stereocenters. The van der Waals surface area contributed by atoms with Gasteiger partial charge in [0.25, 0.3) is 0 Å². The van der Waals surface area contributed by atoms with E-state index in [-0.39, 0.29) is 0 Å². The van der Waals surface area contributed by atoms with Crippen LogP contribution in [0.5, 0.6) is 0 Å². The van der Waals surface area contributed by atoms with Gasteiger partial charge in [0.15, 0.2) is 0 Å². The van der Waals surface area contributed by atoms with Crippen LogP contribution in [-0.2, 0) is 0 Å². The molecule has 0 saturated heterocycles. The van der Waals surface area contributed by atoms with Crippen LogP contribution in [0.4, 0.5) is 0 Å². The molecule has 0 N–H and O–H groups in total. The van der Waals surface area contributed by atoms with Gasteiger partial charge in [-0.3, -0.25) is 0 Å². The van der Waals surface area contributed by atoms with Crippen molar-refractivity contribution in [1.82, 2.24) is 0 Å². The molecule has 0 aromatic heterocycles. The molecule has 0 fully saturated rings. The van der Waals surface area contributed by atoms with Crippen LogP contribution in [0, 0.1) is 11.8 Å². The Morgan fingerprint density at radius 3 is 1.23 bits per heavy atom. The van der Waals surface area contributed by atoms with E-state index in [0.717, 1.165) is 0 Å². The third kappa shape index (κ3) is 20.3. The Kier molecular flexibility index (Phi) is 19.8. The highest BCUT2D eigenvalue weighted by Gasteiger charge is 2.16. The lowest BCUT2D eigenvalue weighted by molar-refractivity contribution is 0.361. The smallest absolute Gasteiger partial charge is 0.0323 e. The van der Waals surface area contributed by atoms with E-state index in [4.69, 9.17) is 0 Å². The number of hydrogen-bond donors (Lipinski definition) is 0. The van der Waals surface area contributed by atoms with Crippen molar-refractivity contribution < 1.29 is 0 Å². The molecule has 157 valence electrons. The first kappa shape index (κ1) is 26.0. The minimum absolute atomic E-state index is 0.461. The fraction of sp³-hybridized carbons (Fsp3) is 0.962. The maximum atomic E-state index is 2.62. The number of unbranched alkanes of at least 4 members (excludes halogenated alkanes) is 17. The van der Waals surface area contributed by atoms with Crippen LogP contribution in [-0.4, -0.2) is 0 Å². The summed E-state index contributed by atoms with van der Waals surface area (Å²) >= 11 is 0. The van der Waals surface area contributed by atoms with E-state index in [1.54, 1.807) is 0 Å². The molecule has 0 aliphatic heterocycles. The summed E-state index contributed by atoms with van der Waals surface area (Å²) in [5, 5.41) is 0. The summed E-state index contributed by atoms with van der Waals surface area (Å²) in [6.45, 7) is 9.49. The second-order valence-electron chi connectivity index (χ2n) is 9.39. The lowest BCUT2D eigenvalue weighted by Crippen LogP contribution is -2.11. The second-order valence-corrected chi connectivity index (χ2v) is 9.39. The molecular weight excluding hydrogens is 312 g/mol. The standard InChI is InChI=1S/C26H53/c1-5-7-9-11-13-14-15-16-17-18-19-21-23-25-26(3,4)24-22-20-12-10-8-6-2/h25H,5-24H2,1-4H3. The molecule has 0 aromatic carbocycles. The van der Waals surface area contributed by atoms with Crippen LogP contribution in [0.1, 0.15) is 156 Å². The van der Waals surface area contributed by atoms with Crippen molar-refractivity contribution in [2.24, 2.45) is 5.41 Å². The van der Waals surface area contributed by atoms with Gasteiger partial charge in [-0.05, 0) is 24.7 Å². The lowest BCUT2D eigenvalue weighted by atomic mass is 9.82. The third-order valence-corrected chi connectivity index (χ3v) is 5.93. The Morgan fingerprint density at radius 2 is 0.808 bits per heavy atom. The zero-order valence-electron chi connectivity index (χ0n) is 19.2. The maximum absolute atomic E-state index is 2.62. The highest BCUT2D eigenvalue weighted by molar-refractivity contribution is 4.84. The number of rotatable bonds is 21. The summed E-state index contributed by atoms with van der Waals surface area (Å²) in [7, 11) is 0. The van der Waals surface area contributed by atoms with Gasteiger partial charge < -0.3 is 0 Å². The molecule has 0 spiro atoms. The Morgan fingerprint density at radius 1 is 0.462 bits per heavy atom. The van der Waals surface area contributed by atoms with Crippen LogP contribution in [0.2, 0.25) is 0 Å². The van der Waals surface area contributed by atoms with Gasteiger partial charge in [-0.1, -0.05) is 143 Å². The summed E-state index contributed by atoms with van der Waals surface area (Å²) < 4.78 is 0. The average Bonchev–Trinajstić information content (AvgIpc) is 2.62. The molecular formula is C26H53. The van der Waals surface area contributed by atoms with E-state index in [1.165, 1.54) is 128 Å². The maximum Gasteiger partial charge on any atom is -0.0323 e. The van der Waals surface area contributed by atoms with Crippen LogP contribution >= 0.6 is 0 Å². The van der Waals surface area contributed by atoms with E-state index in [2.05, 4.69) is 34.1 Å². The van der Waals surface area contributed by atoms with Crippen molar-refractivity contribution in [3.8, 4) is 0 Å². The molecule has 0 heteroatoms. The molecule has 0 aromatic rings. The summed E-state index contributed by atoms with van der Waals surface area (Å²) in [5.41, 5.74) is 0.461.